The van der Waals surface area contributed by atoms with Crippen LogP contribution < -0.4 is 0 Å². The number of ether oxygens (including phenoxy) is 1. The second-order valence-electron chi connectivity index (χ2n) is 6.77. The van der Waals surface area contributed by atoms with Crippen molar-refractivity contribution in [2.24, 2.45) is 5.92 Å². The molecule has 0 aromatic heterocycles. The van der Waals surface area contributed by atoms with Crippen molar-refractivity contribution in [1.82, 2.24) is 0 Å². The Hall–Kier alpha value is -1.41. The molecular weight excluding hydrogens is 334 g/mol. The van der Waals surface area contributed by atoms with Crippen molar-refractivity contribution in [3.63, 3.8) is 0 Å². The molecule has 0 heterocycles. The molecule has 0 radical (unpaired) electrons. The normalized spacial score (nSPS) is 13.9. The molecule has 0 aromatic rings. The van der Waals surface area contributed by atoms with E-state index in [1.165, 1.54) is 6.92 Å². The average molecular weight is 362 g/mol. The van der Waals surface area contributed by atoms with Crippen LogP contribution in [0, 0.1) is 5.92 Å². The van der Waals surface area contributed by atoms with Gasteiger partial charge < -0.3 is 19.1 Å². The summed E-state index contributed by atoms with van der Waals surface area (Å²) in [5, 5.41) is 8.83. The Balaban J connectivity index is 4.66. The Morgan fingerprint density at radius 1 is 1.12 bits per heavy atom. The first-order valence-electron chi connectivity index (χ1n) is 7.82. The summed E-state index contributed by atoms with van der Waals surface area (Å²) in [7, 11) is 5.78. The van der Waals surface area contributed by atoms with Crippen LogP contribution in [0.15, 0.2) is 0 Å². The molecule has 0 aliphatic heterocycles. The molecule has 0 spiro atoms. The van der Waals surface area contributed by atoms with E-state index in [9.17, 15) is 19.2 Å². The lowest BCUT2D eigenvalue weighted by atomic mass is 10.1. The number of rotatable bonds is 11. The highest BCUT2D eigenvalue weighted by Gasteiger charge is 2.26. The topological polar surface area (TPSA) is 97.7 Å². The number of hydrogen-bond acceptors (Lipinski definition) is 6. The molecule has 0 bridgehead atoms. The number of ketones is 1. The maximum absolute atomic E-state index is 12.1. The van der Waals surface area contributed by atoms with E-state index >= 15 is 0 Å². The van der Waals surface area contributed by atoms with E-state index in [0.29, 0.717) is 11.0 Å². The molecule has 0 fully saturated rings. The molecule has 1 unspecified atom stereocenters. The van der Waals surface area contributed by atoms with E-state index in [1.54, 1.807) is 6.92 Å². The molecule has 7 nitrogen and oxygen atoms in total. The van der Waals surface area contributed by atoms with E-state index < -0.39 is 18.0 Å². The Bertz CT molecular complexity index is 472. The quantitative estimate of drug-likeness (QED) is 0.437. The van der Waals surface area contributed by atoms with Gasteiger partial charge in [-0.2, -0.15) is 0 Å². The minimum atomic E-state index is -1.09. The summed E-state index contributed by atoms with van der Waals surface area (Å²) in [4.78, 5) is 45.8. The number of carboxylic acid groups (broad SMARTS) is 1. The molecule has 0 amide bonds. The van der Waals surface area contributed by atoms with E-state index in [4.69, 9.17) is 9.84 Å². The van der Waals surface area contributed by atoms with Gasteiger partial charge in [0, 0.05) is 18.6 Å². The number of esters is 1. The summed E-state index contributed by atoms with van der Waals surface area (Å²) < 4.78 is 5.84. The molecule has 24 heavy (non-hydrogen) atoms. The summed E-state index contributed by atoms with van der Waals surface area (Å²) in [5.74, 6) is -2.54. The molecule has 0 aliphatic carbocycles. The van der Waals surface area contributed by atoms with E-state index in [-0.39, 0.29) is 41.9 Å². The van der Waals surface area contributed by atoms with Gasteiger partial charge in [0.2, 0.25) is 0 Å². The predicted octanol–water partition coefficient (Wildman–Crippen LogP) is 1.34. The first-order chi connectivity index (χ1) is 10.9. The van der Waals surface area contributed by atoms with Crippen LogP contribution in [0.1, 0.15) is 33.1 Å². The summed E-state index contributed by atoms with van der Waals surface area (Å²) >= 11 is 0.874. The number of hydrogen-bond donors (Lipinski definition) is 1. The molecule has 0 aliphatic rings. The summed E-state index contributed by atoms with van der Waals surface area (Å²) in [5.41, 5.74) is 0. The smallest absolute Gasteiger partial charge is 0.307 e. The third kappa shape index (κ3) is 11.2. The number of aliphatic carboxylic acids is 1. The third-order valence-corrected chi connectivity index (χ3v) is 4.12. The second-order valence-corrected chi connectivity index (χ2v) is 7.84. The van der Waals surface area contributed by atoms with Gasteiger partial charge in [0.25, 0.3) is 0 Å². The van der Waals surface area contributed by atoms with Crippen molar-refractivity contribution in [3.05, 3.63) is 0 Å². The van der Waals surface area contributed by atoms with Gasteiger partial charge in [0.15, 0.2) is 11.2 Å². The number of carbonyl (C=O) groups excluding carboxylic acids is 3. The molecule has 0 saturated heterocycles. The lowest BCUT2D eigenvalue weighted by Gasteiger charge is -2.28. The zero-order valence-corrected chi connectivity index (χ0v) is 15.9. The third-order valence-electron chi connectivity index (χ3n) is 3.06. The Kier molecular flexibility index (Phi) is 9.84. The fourth-order valence-electron chi connectivity index (χ4n) is 2.03. The second kappa shape index (κ2) is 10.5. The van der Waals surface area contributed by atoms with Crippen LogP contribution in [0.25, 0.3) is 0 Å². The minimum Gasteiger partial charge on any atom is -0.481 e. The van der Waals surface area contributed by atoms with Gasteiger partial charge >= 0.3 is 11.9 Å². The number of Topliss-reactive ketones (excluding diaryl/α,β-unsaturated/α-hetero) is 1. The summed E-state index contributed by atoms with van der Waals surface area (Å²) in [6, 6.07) is 0. The predicted molar refractivity (Wildman–Crippen MR) is 91.6 cm³/mol. The number of carboxylic acids is 1. The van der Waals surface area contributed by atoms with Crippen LogP contribution in [-0.4, -0.2) is 72.0 Å². The average Bonchev–Trinajstić information content (AvgIpc) is 2.40. The fraction of sp³-hybridized carbons (Fsp3) is 0.750. The van der Waals surface area contributed by atoms with Crippen LogP contribution in [0.4, 0.5) is 0 Å². The van der Waals surface area contributed by atoms with Gasteiger partial charge in [0.1, 0.15) is 12.3 Å². The van der Waals surface area contributed by atoms with Gasteiger partial charge in [-0.15, -0.1) is 0 Å². The number of thioether (sulfide) groups is 1. The minimum absolute atomic E-state index is 0.0261. The van der Waals surface area contributed by atoms with Gasteiger partial charge in [-0.1, -0.05) is 18.7 Å². The maximum atomic E-state index is 12.1. The first kappa shape index (κ1) is 22.6. The lowest BCUT2D eigenvalue weighted by Crippen LogP contribution is -2.43. The van der Waals surface area contributed by atoms with Crippen molar-refractivity contribution in [1.29, 1.82) is 0 Å². The maximum Gasteiger partial charge on any atom is 0.307 e. The van der Waals surface area contributed by atoms with Crippen LogP contribution in [-0.2, 0) is 23.9 Å². The number of nitrogens with zero attached hydrogens (tertiary/aromatic N) is 1. The van der Waals surface area contributed by atoms with Gasteiger partial charge in [-0.25, -0.2) is 0 Å². The summed E-state index contributed by atoms with van der Waals surface area (Å²) in [6.07, 6.45) is -0.385. The Labute approximate surface area is 147 Å². The highest BCUT2D eigenvalue weighted by Crippen LogP contribution is 2.18. The van der Waals surface area contributed by atoms with Crippen molar-refractivity contribution in [3.8, 4) is 0 Å². The largest absolute Gasteiger partial charge is 0.481 e. The molecular formula is C16H28NO6S+. The van der Waals surface area contributed by atoms with Crippen LogP contribution >= 0.6 is 11.8 Å². The fourth-order valence-corrected chi connectivity index (χ4v) is 2.98. The first-order valence-corrected chi connectivity index (χ1v) is 8.81. The summed E-state index contributed by atoms with van der Waals surface area (Å²) in [6.45, 7) is 3.48. The number of carbonyl (C=O) groups is 4. The zero-order valence-electron chi connectivity index (χ0n) is 15.0. The van der Waals surface area contributed by atoms with Crippen LogP contribution in [0.3, 0.4) is 0 Å². The molecule has 138 valence electrons. The highest BCUT2D eigenvalue weighted by atomic mass is 32.2. The Morgan fingerprint density at radius 3 is 2.12 bits per heavy atom. The van der Waals surface area contributed by atoms with Crippen molar-refractivity contribution in [2.75, 3.05) is 33.4 Å². The molecule has 2 atom stereocenters. The lowest BCUT2D eigenvalue weighted by molar-refractivity contribution is -0.873. The molecule has 0 saturated carbocycles. The van der Waals surface area contributed by atoms with Crippen molar-refractivity contribution >= 4 is 34.6 Å². The van der Waals surface area contributed by atoms with E-state index in [0.717, 1.165) is 11.8 Å². The van der Waals surface area contributed by atoms with E-state index in [1.807, 2.05) is 21.1 Å². The SMILES string of the molecule is CCC(=O)O[C@H](CC(=O)SCC(CC(C)=O)C(=O)O)C[N+](C)(C)C. The standard InChI is InChI=1S/C16H27NO6S/c1-6-14(19)23-13(9-17(3,4)5)8-15(20)24-10-12(16(21)22)7-11(2)18/h12-13H,6-10H2,1-5H3/p+1/t12?,13-/m1/s1. The molecule has 8 heteroatoms. The van der Waals surface area contributed by atoms with Crippen LogP contribution in [0.2, 0.25) is 0 Å². The van der Waals surface area contributed by atoms with Gasteiger partial charge in [0.05, 0.1) is 33.5 Å². The van der Waals surface area contributed by atoms with E-state index in [2.05, 4.69) is 0 Å². The number of quaternary nitrogens is 1. The monoisotopic (exact) mass is 362 g/mol. The molecule has 0 aromatic carbocycles. The van der Waals surface area contributed by atoms with Gasteiger partial charge in [-0.05, 0) is 6.92 Å². The molecule has 0 rings (SSSR count). The van der Waals surface area contributed by atoms with Crippen molar-refractivity contribution in [2.45, 2.75) is 39.2 Å². The molecule has 1 N–H and O–H groups in total. The van der Waals surface area contributed by atoms with Crippen molar-refractivity contribution < 1.29 is 33.5 Å². The Morgan fingerprint density at radius 2 is 1.71 bits per heavy atom. The van der Waals surface area contributed by atoms with Crippen LogP contribution in [0.5, 0.6) is 0 Å². The highest BCUT2D eigenvalue weighted by molar-refractivity contribution is 8.13. The van der Waals surface area contributed by atoms with Gasteiger partial charge in [-0.3, -0.25) is 14.4 Å². The zero-order chi connectivity index (χ0) is 18.9. The number of likely N-dealkylation sites (N-methyl/N-ethyl adjacent to an activating group) is 1.